The summed E-state index contributed by atoms with van der Waals surface area (Å²) in [6.07, 6.45) is 4.24. The summed E-state index contributed by atoms with van der Waals surface area (Å²) >= 11 is 0. The van der Waals surface area contributed by atoms with Gasteiger partial charge in [-0.15, -0.1) is 0 Å². The van der Waals surface area contributed by atoms with Crippen LogP contribution < -0.4 is 5.73 Å². The molecule has 0 amide bonds. The van der Waals surface area contributed by atoms with E-state index < -0.39 is 0 Å². The molecule has 0 saturated carbocycles. The molecule has 0 fully saturated rings. The summed E-state index contributed by atoms with van der Waals surface area (Å²) in [5, 5.41) is 0. The van der Waals surface area contributed by atoms with Gasteiger partial charge in [0, 0.05) is 0 Å². The van der Waals surface area contributed by atoms with Crippen LogP contribution in [0.4, 0.5) is 0 Å². The molecule has 0 aliphatic carbocycles. The third-order valence-electron chi connectivity index (χ3n) is 1.99. The summed E-state index contributed by atoms with van der Waals surface area (Å²) in [5.41, 5.74) is 8.19. The van der Waals surface area contributed by atoms with Crippen LogP contribution in [0.25, 0.3) is 0 Å². The van der Waals surface area contributed by atoms with Gasteiger partial charge in [-0.3, -0.25) is 0 Å². The average Bonchev–Trinajstić information content (AvgIpc) is 2.16. The van der Waals surface area contributed by atoms with Crippen LogP contribution in [0.2, 0.25) is 0 Å². The lowest BCUT2D eigenvalue weighted by molar-refractivity contribution is 0.981. The minimum Gasteiger partial charge on any atom is -0.330 e. The van der Waals surface area contributed by atoms with E-state index in [1.807, 2.05) is 6.07 Å². The van der Waals surface area contributed by atoms with E-state index in [1.54, 1.807) is 0 Å². The molecule has 2 N–H and O–H groups in total. The zero-order valence-corrected chi connectivity index (χ0v) is 8.16. The highest BCUT2D eigenvalue weighted by atomic mass is 14.5. The molecular formula is C12H17N. The normalized spacial score (nSPS) is 11.7. The summed E-state index contributed by atoms with van der Waals surface area (Å²) < 4.78 is 0. The standard InChI is InChI=1S/C12H17N/c1-11(6-5-9-13)10-12-7-3-2-4-8-12/h2-4,6-8H,5,9-10,13H2,1H3/b11-6-. The summed E-state index contributed by atoms with van der Waals surface area (Å²) in [4.78, 5) is 0. The van der Waals surface area contributed by atoms with Crippen LogP contribution in [0.1, 0.15) is 18.9 Å². The zero-order chi connectivity index (χ0) is 9.52. The lowest BCUT2D eigenvalue weighted by Gasteiger charge is -2.00. The molecular weight excluding hydrogens is 158 g/mol. The maximum absolute atomic E-state index is 5.43. The van der Waals surface area contributed by atoms with Crippen molar-refractivity contribution in [1.29, 1.82) is 0 Å². The van der Waals surface area contributed by atoms with E-state index in [4.69, 9.17) is 5.73 Å². The molecule has 0 heterocycles. The predicted octanol–water partition coefficient (Wildman–Crippen LogP) is 2.52. The highest BCUT2D eigenvalue weighted by molar-refractivity contribution is 5.20. The van der Waals surface area contributed by atoms with Gasteiger partial charge in [0.1, 0.15) is 0 Å². The van der Waals surface area contributed by atoms with Crippen molar-refractivity contribution in [1.82, 2.24) is 0 Å². The van der Waals surface area contributed by atoms with Crippen molar-refractivity contribution in [2.75, 3.05) is 6.54 Å². The second-order valence-electron chi connectivity index (χ2n) is 3.29. The average molecular weight is 175 g/mol. The Morgan fingerprint density at radius 2 is 2.00 bits per heavy atom. The molecule has 0 bridgehead atoms. The number of hydrogen-bond acceptors (Lipinski definition) is 1. The minimum absolute atomic E-state index is 0.742. The van der Waals surface area contributed by atoms with E-state index in [9.17, 15) is 0 Å². The van der Waals surface area contributed by atoms with E-state index in [1.165, 1.54) is 11.1 Å². The van der Waals surface area contributed by atoms with Gasteiger partial charge in [-0.25, -0.2) is 0 Å². The van der Waals surface area contributed by atoms with Crippen molar-refractivity contribution < 1.29 is 0 Å². The van der Waals surface area contributed by atoms with Gasteiger partial charge in [-0.1, -0.05) is 42.0 Å². The van der Waals surface area contributed by atoms with Crippen LogP contribution in [-0.2, 0) is 6.42 Å². The predicted molar refractivity (Wildman–Crippen MR) is 57.6 cm³/mol. The molecule has 0 aliphatic rings. The summed E-state index contributed by atoms with van der Waals surface area (Å²) in [6, 6.07) is 10.5. The van der Waals surface area contributed by atoms with Gasteiger partial charge in [0.15, 0.2) is 0 Å². The minimum atomic E-state index is 0.742. The van der Waals surface area contributed by atoms with E-state index in [0.29, 0.717) is 0 Å². The zero-order valence-electron chi connectivity index (χ0n) is 8.16. The fourth-order valence-corrected chi connectivity index (χ4v) is 1.32. The van der Waals surface area contributed by atoms with E-state index in [-0.39, 0.29) is 0 Å². The highest BCUT2D eigenvalue weighted by Gasteiger charge is 1.92. The monoisotopic (exact) mass is 175 g/mol. The Labute approximate surface area is 80.3 Å². The largest absolute Gasteiger partial charge is 0.330 e. The van der Waals surface area contributed by atoms with Gasteiger partial charge in [-0.05, 0) is 31.9 Å². The topological polar surface area (TPSA) is 26.0 Å². The Morgan fingerprint density at radius 3 is 2.62 bits per heavy atom. The Bertz CT molecular complexity index is 262. The van der Waals surface area contributed by atoms with Gasteiger partial charge in [-0.2, -0.15) is 0 Å². The molecule has 1 aromatic carbocycles. The Hall–Kier alpha value is -1.08. The molecule has 0 aromatic heterocycles. The van der Waals surface area contributed by atoms with Gasteiger partial charge in [0.2, 0.25) is 0 Å². The van der Waals surface area contributed by atoms with Crippen molar-refractivity contribution >= 4 is 0 Å². The summed E-state index contributed by atoms with van der Waals surface area (Å²) in [5.74, 6) is 0. The number of rotatable bonds is 4. The molecule has 0 unspecified atom stereocenters. The first kappa shape index (κ1) is 10.0. The molecule has 1 aromatic rings. The first-order valence-electron chi connectivity index (χ1n) is 4.72. The van der Waals surface area contributed by atoms with Gasteiger partial charge >= 0.3 is 0 Å². The van der Waals surface area contributed by atoms with Crippen molar-refractivity contribution in [3.63, 3.8) is 0 Å². The van der Waals surface area contributed by atoms with Crippen LogP contribution >= 0.6 is 0 Å². The van der Waals surface area contributed by atoms with Crippen LogP contribution in [0.5, 0.6) is 0 Å². The summed E-state index contributed by atoms with van der Waals surface area (Å²) in [6.45, 7) is 2.90. The fraction of sp³-hybridized carbons (Fsp3) is 0.333. The number of allylic oxidation sites excluding steroid dienone is 1. The van der Waals surface area contributed by atoms with E-state index in [2.05, 4.69) is 37.3 Å². The Balaban J connectivity index is 2.50. The maximum atomic E-state index is 5.43. The van der Waals surface area contributed by atoms with Crippen LogP contribution in [0.15, 0.2) is 42.0 Å². The molecule has 1 heteroatoms. The quantitative estimate of drug-likeness (QED) is 0.699. The molecule has 0 radical (unpaired) electrons. The third-order valence-corrected chi connectivity index (χ3v) is 1.99. The molecule has 13 heavy (non-hydrogen) atoms. The van der Waals surface area contributed by atoms with Gasteiger partial charge in [0.25, 0.3) is 0 Å². The smallest absolute Gasteiger partial charge is 0.00425 e. The van der Waals surface area contributed by atoms with Gasteiger partial charge < -0.3 is 5.73 Å². The maximum Gasteiger partial charge on any atom is -0.00425 e. The van der Waals surface area contributed by atoms with Crippen LogP contribution in [0.3, 0.4) is 0 Å². The van der Waals surface area contributed by atoms with Crippen molar-refractivity contribution in [2.45, 2.75) is 19.8 Å². The third kappa shape index (κ3) is 3.90. The van der Waals surface area contributed by atoms with Gasteiger partial charge in [0.05, 0.1) is 0 Å². The highest BCUT2D eigenvalue weighted by Crippen LogP contribution is 2.07. The fourth-order valence-electron chi connectivity index (χ4n) is 1.32. The lowest BCUT2D eigenvalue weighted by Crippen LogP contribution is -1.96. The lowest BCUT2D eigenvalue weighted by atomic mass is 10.1. The molecule has 1 nitrogen and oxygen atoms in total. The van der Waals surface area contributed by atoms with E-state index >= 15 is 0 Å². The van der Waals surface area contributed by atoms with Crippen molar-refractivity contribution in [3.05, 3.63) is 47.5 Å². The van der Waals surface area contributed by atoms with Crippen LogP contribution in [0, 0.1) is 0 Å². The number of nitrogens with two attached hydrogens (primary N) is 1. The number of benzene rings is 1. The molecule has 0 saturated heterocycles. The van der Waals surface area contributed by atoms with E-state index in [0.717, 1.165) is 19.4 Å². The second-order valence-corrected chi connectivity index (χ2v) is 3.29. The summed E-state index contributed by atoms with van der Waals surface area (Å²) in [7, 11) is 0. The molecule has 0 spiro atoms. The molecule has 0 aliphatic heterocycles. The first-order valence-corrected chi connectivity index (χ1v) is 4.72. The molecule has 1 rings (SSSR count). The van der Waals surface area contributed by atoms with Crippen molar-refractivity contribution in [3.8, 4) is 0 Å². The Morgan fingerprint density at radius 1 is 1.31 bits per heavy atom. The first-order chi connectivity index (χ1) is 6.33. The van der Waals surface area contributed by atoms with Crippen LogP contribution in [-0.4, -0.2) is 6.54 Å². The SMILES string of the molecule is C/C(=C/CCN)Cc1ccccc1. The molecule has 70 valence electrons. The Kier molecular flexibility index (Phi) is 4.27. The molecule has 0 atom stereocenters. The van der Waals surface area contributed by atoms with Crippen molar-refractivity contribution in [2.24, 2.45) is 5.73 Å². The second kappa shape index (κ2) is 5.55. The number of hydrogen-bond donors (Lipinski definition) is 1.